The van der Waals surface area contributed by atoms with E-state index < -0.39 is 0 Å². The smallest absolute Gasteiger partial charge is 0.194 e. The van der Waals surface area contributed by atoms with Crippen molar-refractivity contribution in [2.24, 2.45) is 0 Å². The van der Waals surface area contributed by atoms with Crippen molar-refractivity contribution in [1.29, 1.82) is 0 Å². The summed E-state index contributed by atoms with van der Waals surface area (Å²) < 4.78 is 26.1. The van der Waals surface area contributed by atoms with Crippen LogP contribution in [0.2, 0.25) is 0 Å². The van der Waals surface area contributed by atoms with Crippen LogP contribution in [-0.2, 0) is 19.6 Å². The number of nitrogens with one attached hydrogen (secondary N) is 1. The highest BCUT2D eigenvalue weighted by Crippen LogP contribution is 2.29. The van der Waals surface area contributed by atoms with E-state index in [1.165, 1.54) is 17.7 Å². The Kier molecular flexibility index (Phi) is 8.95. The van der Waals surface area contributed by atoms with Gasteiger partial charge in [0.05, 0.1) is 12.8 Å². The fourth-order valence-corrected chi connectivity index (χ4v) is 3.38. The van der Waals surface area contributed by atoms with Crippen molar-refractivity contribution >= 4 is 12.4 Å². The minimum atomic E-state index is -0.215. The lowest BCUT2D eigenvalue weighted by molar-refractivity contribution is 0.273. The summed E-state index contributed by atoms with van der Waals surface area (Å²) in [6.07, 6.45) is 0.828. The third kappa shape index (κ3) is 6.52. The zero-order chi connectivity index (χ0) is 23.0. The van der Waals surface area contributed by atoms with Gasteiger partial charge in [-0.1, -0.05) is 35.9 Å². The standard InChI is InChI=1S/C25H26FN5O2.ClH/c1-18-3-10-22(11-4-18)31-25(28-29-30-31)17-33-23-12-7-20(15-24(23)32-2)16-27-14-13-19-5-8-21(26)9-6-19;/h3-12,15,27H,13-14,16-17H2,1-2H3;1H. The molecule has 0 aliphatic carbocycles. The van der Waals surface area contributed by atoms with Crippen LogP contribution in [0.15, 0.2) is 66.7 Å². The Balaban J connectivity index is 0.00000324. The number of benzene rings is 3. The normalized spacial score (nSPS) is 10.6. The Hall–Kier alpha value is -3.49. The van der Waals surface area contributed by atoms with Crippen LogP contribution < -0.4 is 14.8 Å². The van der Waals surface area contributed by atoms with E-state index in [9.17, 15) is 4.39 Å². The van der Waals surface area contributed by atoms with Crippen LogP contribution in [0.1, 0.15) is 22.5 Å². The molecule has 0 radical (unpaired) electrons. The summed E-state index contributed by atoms with van der Waals surface area (Å²) in [6, 6.07) is 20.4. The van der Waals surface area contributed by atoms with E-state index in [2.05, 4.69) is 20.8 Å². The second-order valence-electron chi connectivity index (χ2n) is 7.67. The minimum absolute atomic E-state index is 0. The Bertz CT molecular complexity index is 1180. The molecule has 0 bridgehead atoms. The summed E-state index contributed by atoms with van der Waals surface area (Å²) in [5.74, 6) is 1.63. The quantitative estimate of drug-likeness (QED) is 0.336. The van der Waals surface area contributed by atoms with Gasteiger partial charge in [-0.05, 0) is 77.8 Å². The van der Waals surface area contributed by atoms with Gasteiger partial charge in [-0.25, -0.2) is 4.39 Å². The molecule has 1 N–H and O–H groups in total. The molecule has 0 unspecified atom stereocenters. The number of hydrogen-bond acceptors (Lipinski definition) is 6. The maximum Gasteiger partial charge on any atom is 0.194 e. The van der Waals surface area contributed by atoms with Crippen molar-refractivity contribution in [2.75, 3.05) is 13.7 Å². The SMILES string of the molecule is COc1cc(CNCCc2ccc(F)cc2)ccc1OCc1nnnn1-c1ccc(C)cc1.Cl. The van der Waals surface area contributed by atoms with Crippen LogP contribution in [0.4, 0.5) is 4.39 Å². The predicted molar refractivity (Wildman–Crippen MR) is 130 cm³/mol. The molecule has 4 aromatic rings. The largest absolute Gasteiger partial charge is 0.493 e. The molecule has 4 rings (SSSR count). The summed E-state index contributed by atoms with van der Waals surface area (Å²) in [7, 11) is 1.62. The summed E-state index contributed by atoms with van der Waals surface area (Å²) in [6.45, 7) is 3.70. The van der Waals surface area contributed by atoms with E-state index in [1.807, 2.05) is 49.4 Å². The Labute approximate surface area is 204 Å². The average molecular weight is 484 g/mol. The zero-order valence-electron chi connectivity index (χ0n) is 19.1. The molecule has 1 aromatic heterocycles. The third-order valence-corrected chi connectivity index (χ3v) is 5.23. The monoisotopic (exact) mass is 483 g/mol. The van der Waals surface area contributed by atoms with Gasteiger partial charge in [0, 0.05) is 6.54 Å². The first-order valence-corrected chi connectivity index (χ1v) is 10.7. The fraction of sp³-hybridized carbons (Fsp3) is 0.240. The van der Waals surface area contributed by atoms with E-state index in [1.54, 1.807) is 23.9 Å². The van der Waals surface area contributed by atoms with Crippen LogP contribution in [0, 0.1) is 12.7 Å². The Morgan fingerprint density at radius 3 is 2.41 bits per heavy atom. The first kappa shape index (κ1) is 25.1. The van der Waals surface area contributed by atoms with Crippen molar-refractivity contribution in [1.82, 2.24) is 25.5 Å². The number of rotatable bonds is 10. The fourth-order valence-electron chi connectivity index (χ4n) is 3.38. The molecular weight excluding hydrogens is 457 g/mol. The van der Waals surface area contributed by atoms with Crippen LogP contribution >= 0.6 is 12.4 Å². The number of tetrazole rings is 1. The van der Waals surface area contributed by atoms with E-state index in [0.29, 0.717) is 23.9 Å². The number of ether oxygens (including phenoxy) is 2. The highest BCUT2D eigenvalue weighted by Gasteiger charge is 2.12. The van der Waals surface area contributed by atoms with Gasteiger partial charge in [-0.2, -0.15) is 4.68 Å². The molecule has 0 aliphatic rings. The number of methoxy groups -OCH3 is 1. The van der Waals surface area contributed by atoms with E-state index in [4.69, 9.17) is 9.47 Å². The molecule has 3 aromatic carbocycles. The second-order valence-corrected chi connectivity index (χ2v) is 7.67. The summed E-state index contributed by atoms with van der Waals surface area (Å²) in [5, 5.41) is 15.3. The lowest BCUT2D eigenvalue weighted by atomic mass is 10.1. The highest BCUT2D eigenvalue weighted by atomic mass is 35.5. The predicted octanol–water partition coefficient (Wildman–Crippen LogP) is 4.45. The molecule has 0 atom stereocenters. The van der Waals surface area contributed by atoms with Gasteiger partial charge in [0.1, 0.15) is 5.82 Å². The van der Waals surface area contributed by atoms with Crippen molar-refractivity contribution in [3.63, 3.8) is 0 Å². The molecule has 0 saturated carbocycles. The molecule has 7 nitrogen and oxygen atoms in total. The molecular formula is C25H27ClFN5O2. The molecule has 34 heavy (non-hydrogen) atoms. The van der Waals surface area contributed by atoms with Crippen molar-refractivity contribution in [3.05, 3.63) is 95.1 Å². The Morgan fingerprint density at radius 1 is 0.941 bits per heavy atom. The van der Waals surface area contributed by atoms with Gasteiger partial charge < -0.3 is 14.8 Å². The van der Waals surface area contributed by atoms with Gasteiger partial charge in [-0.3, -0.25) is 0 Å². The number of nitrogens with zero attached hydrogens (tertiary/aromatic N) is 4. The number of aromatic nitrogens is 4. The van der Waals surface area contributed by atoms with Crippen molar-refractivity contribution < 1.29 is 13.9 Å². The third-order valence-electron chi connectivity index (χ3n) is 5.23. The van der Waals surface area contributed by atoms with Crippen molar-refractivity contribution in [2.45, 2.75) is 26.5 Å². The lowest BCUT2D eigenvalue weighted by Gasteiger charge is -2.13. The molecule has 0 saturated heterocycles. The summed E-state index contributed by atoms with van der Waals surface area (Å²) in [5.41, 5.74) is 4.21. The van der Waals surface area contributed by atoms with Crippen LogP contribution in [0.5, 0.6) is 11.5 Å². The maximum atomic E-state index is 13.0. The highest BCUT2D eigenvalue weighted by molar-refractivity contribution is 5.85. The zero-order valence-corrected chi connectivity index (χ0v) is 19.9. The number of hydrogen-bond donors (Lipinski definition) is 1. The first-order valence-electron chi connectivity index (χ1n) is 10.7. The van der Waals surface area contributed by atoms with E-state index >= 15 is 0 Å². The summed E-state index contributed by atoms with van der Waals surface area (Å²) >= 11 is 0. The van der Waals surface area contributed by atoms with E-state index in [-0.39, 0.29) is 24.8 Å². The molecule has 178 valence electrons. The molecule has 0 amide bonds. The van der Waals surface area contributed by atoms with Crippen LogP contribution in [-0.4, -0.2) is 33.9 Å². The van der Waals surface area contributed by atoms with Gasteiger partial charge in [0.15, 0.2) is 23.9 Å². The molecule has 0 fully saturated rings. The van der Waals surface area contributed by atoms with Gasteiger partial charge in [0.25, 0.3) is 0 Å². The molecule has 9 heteroatoms. The number of aryl methyl sites for hydroxylation is 1. The van der Waals surface area contributed by atoms with Gasteiger partial charge >= 0.3 is 0 Å². The van der Waals surface area contributed by atoms with Crippen molar-refractivity contribution in [3.8, 4) is 17.2 Å². The van der Waals surface area contributed by atoms with Gasteiger partial charge in [0.2, 0.25) is 0 Å². The second kappa shape index (κ2) is 12.1. The Morgan fingerprint density at radius 2 is 1.68 bits per heavy atom. The minimum Gasteiger partial charge on any atom is -0.493 e. The first-order chi connectivity index (χ1) is 16.1. The molecule has 0 spiro atoms. The topological polar surface area (TPSA) is 74.1 Å². The van der Waals surface area contributed by atoms with Crippen LogP contribution in [0.25, 0.3) is 5.69 Å². The maximum absolute atomic E-state index is 13.0. The van der Waals surface area contributed by atoms with Crippen LogP contribution in [0.3, 0.4) is 0 Å². The average Bonchev–Trinajstić information content (AvgIpc) is 3.31. The van der Waals surface area contributed by atoms with E-state index in [0.717, 1.165) is 29.8 Å². The molecule has 1 heterocycles. The lowest BCUT2D eigenvalue weighted by Crippen LogP contribution is -2.16. The number of halogens is 2. The summed E-state index contributed by atoms with van der Waals surface area (Å²) in [4.78, 5) is 0. The van der Waals surface area contributed by atoms with Gasteiger partial charge in [-0.15, -0.1) is 17.5 Å². The molecule has 0 aliphatic heterocycles.